The molecule has 1 aromatic heterocycles. The highest BCUT2D eigenvalue weighted by Crippen LogP contribution is 2.31. The number of methoxy groups -OCH3 is 1. The summed E-state index contributed by atoms with van der Waals surface area (Å²) in [6.45, 7) is 13.5. The number of aryl methyl sites for hydroxylation is 2. The van der Waals surface area contributed by atoms with Crippen LogP contribution in [0.5, 0.6) is 5.75 Å². The van der Waals surface area contributed by atoms with Crippen LogP contribution in [0.25, 0.3) is 11.1 Å². The van der Waals surface area contributed by atoms with E-state index in [1.165, 1.54) is 19.4 Å². The number of hydrogen-bond donors (Lipinski definition) is 1. The number of hydrogen-bond acceptors (Lipinski definition) is 5. The molecule has 38 heavy (non-hydrogen) atoms. The van der Waals surface area contributed by atoms with Crippen molar-refractivity contribution in [3.8, 4) is 16.9 Å². The van der Waals surface area contributed by atoms with Crippen molar-refractivity contribution in [3.63, 3.8) is 0 Å². The van der Waals surface area contributed by atoms with Crippen molar-refractivity contribution in [1.29, 1.82) is 0 Å². The van der Waals surface area contributed by atoms with E-state index in [1.54, 1.807) is 11.8 Å². The Hall–Kier alpha value is -3.32. The van der Waals surface area contributed by atoms with Crippen molar-refractivity contribution in [2.45, 2.75) is 46.6 Å². The van der Waals surface area contributed by atoms with E-state index in [-0.39, 0.29) is 11.9 Å². The second-order valence-corrected chi connectivity index (χ2v) is 10.3. The highest BCUT2D eigenvalue weighted by Gasteiger charge is 2.27. The van der Waals surface area contributed by atoms with E-state index in [2.05, 4.69) is 44.5 Å². The number of amides is 1. The van der Waals surface area contributed by atoms with Crippen molar-refractivity contribution in [2.24, 2.45) is 13.0 Å². The average molecular weight is 518 g/mol. The van der Waals surface area contributed by atoms with E-state index < -0.39 is 0 Å². The highest BCUT2D eigenvalue weighted by atomic mass is 16.5. The molecule has 2 aromatic carbocycles. The molecule has 2 heterocycles. The molecule has 1 N–H and O–H groups in total. The second kappa shape index (κ2) is 12.5. The van der Waals surface area contributed by atoms with Crippen molar-refractivity contribution in [2.75, 3.05) is 44.7 Å². The number of anilines is 1. The van der Waals surface area contributed by atoms with Crippen LogP contribution >= 0.6 is 0 Å². The molecule has 2 aliphatic rings. The molecular weight excluding hydrogens is 474 g/mol. The van der Waals surface area contributed by atoms with Gasteiger partial charge in [-0.25, -0.2) is 0 Å². The van der Waals surface area contributed by atoms with E-state index in [0.717, 1.165) is 71.4 Å². The predicted octanol–water partition coefficient (Wildman–Crippen LogP) is 5.45. The first-order valence-electron chi connectivity index (χ1n) is 14.0. The van der Waals surface area contributed by atoms with Gasteiger partial charge in [-0.2, -0.15) is 5.10 Å². The average Bonchev–Trinajstić information content (AvgIpc) is 3.65. The highest BCUT2D eigenvalue weighted by molar-refractivity contribution is 5.97. The molecule has 0 bridgehead atoms. The Labute approximate surface area is 227 Å². The summed E-state index contributed by atoms with van der Waals surface area (Å²) in [6.07, 6.45) is 6.61. The van der Waals surface area contributed by atoms with E-state index in [0.29, 0.717) is 0 Å². The molecule has 1 amide bonds. The molecule has 0 radical (unpaired) electrons. The van der Waals surface area contributed by atoms with Crippen molar-refractivity contribution >= 4 is 11.6 Å². The van der Waals surface area contributed by atoms with Gasteiger partial charge in [-0.1, -0.05) is 19.9 Å². The summed E-state index contributed by atoms with van der Waals surface area (Å²) in [5.41, 5.74) is 5.86. The number of rotatable bonds is 8. The van der Waals surface area contributed by atoms with Crippen LogP contribution in [0.1, 0.15) is 61.1 Å². The van der Waals surface area contributed by atoms with Gasteiger partial charge in [0.2, 0.25) is 0 Å². The van der Waals surface area contributed by atoms with E-state index in [9.17, 15) is 4.79 Å². The molecular formula is C31H43N5O2. The molecule has 1 aliphatic carbocycles. The molecule has 1 atom stereocenters. The molecule has 5 rings (SSSR count). The second-order valence-electron chi connectivity index (χ2n) is 10.3. The fourth-order valence-electron chi connectivity index (χ4n) is 4.99. The third-order valence-corrected chi connectivity index (χ3v) is 7.47. The smallest absolute Gasteiger partial charge is 0.252 e. The third-order valence-electron chi connectivity index (χ3n) is 7.47. The van der Waals surface area contributed by atoms with Gasteiger partial charge < -0.3 is 15.0 Å². The molecule has 7 heteroatoms. The van der Waals surface area contributed by atoms with Crippen LogP contribution in [0.3, 0.4) is 0 Å². The Morgan fingerprint density at radius 2 is 1.82 bits per heavy atom. The Morgan fingerprint density at radius 3 is 2.45 bits per heavy atom. The molecule has 1 saturated carbocycles. The first-order valence-corrected chi connectivity index (χ1v) is 14.0. The molecule has 2 fully saturated rings. The van der Waals surface area contributed by atoms with Crippen molar-refractivity contribution < 1.29 is 9.53 Å². The first-order chi connectivity index (χ1) is 18.4. The van der Waals surface area contributed by atoms with Crippen molar-refractivity contribution in [1.82, 2.24) is 20.0 Å². The summed E-state index contributed by atoms with van der Waals surface area (Å²) in [5.74, 6) is 1.63. The maximum atomic E-state index is 13.4. The summed E-state index contributed by atoms with van der Waals surface area (Å²) in [5, 5.41) is 7.50. The van der Waals surface area contributed by atoms with Gasteiger partial charge in [0.1, 0.15) is 5.75 Å². The minimum absolute atomic E-state index is 0.0556. The van der Waals surface area contributed by atoms with Gasteiger partial charge in [-0.05, 0) is 79.6 Å². The van der Waals surface area contributed by atoms with Gasteiger partial charge in [0.15, 0.2) is 0 Å². The van der Waals surface area contributed by atoms with Crippen LogP contribution in [-0.4, -0.2) is 60.4 Å². The fourth-order valence-corrected chi connectivity index (χ4v) is 4.99. The van der Waals surface area contributed by atoms with E-state index in [4.69, 9.17) is 4.74 Å². The third kappa shape index (κ3) is 6.76. The standard InChI is InChI=1S/C29H37N5O2.C2H6/c1-20-5-8-26(34-11-9-33(10-12-34)18-22-6-7-22)16-28(20)29(35)31-21(2)23-13-24(15-27(14-23)36-4)25-17-30-32(3)19-25;1-2/h5,8,13-17,19,21-22H,6-7,9-12,18H2,1-4H3,(H,31,35);1-2H3. The Bertz CT molecular complexity index is 1220. The molecule has 204 valence electrons. The topological polar surface area (TPSA) is 62.6 Å². The zero-order valence-electron chi connectivity index (χ0n) is 23.8. The molecule has 1 saturated heterocycles. The Balaban J connectivity index is 0.00000164. The quantitative estimate of drug-likeness (QED) is 0.430. The Morgan fingerprint density at radius 1 is 1.08 bits per heavy atom. The lowest BCUT2D eigenvalue weighted by molar-refractivity contribution is 0.0939. The number of aromatic nitrogens is 2. The number of carbonyl (C=O) groups excluding carboxylic acids is 1. The van der Waals surface area contributed by atoms with Crippen LogP contribution in [0.4, 0.5) is 5.69 Å². The normalized spacial score (nSPS) is 16.4. The first kappa shape index (κ1) is 27.7. The predicted molar refractivity (Wildman–Crippen MR) is 155 cm³/mol. The summed E-state index contributed by atoms with van der Waals surface area (Å²) in [7, 11) is 3.56. The van der Waals surface area contributed by atoms with Gasteiger partial charge >= 0.3 is 0 Å². The van der Waals surface area contributed by atoms with Gasteiger partial charge in [-0.15, -0.1) is 0 Å². The zero-order valence-corrected chi connectivity index (χ0v) is 23.8. The number of ether oxygens (including phenoxy) is 1. The summed E-state index contributed by atoms with van der Waals surface area (Å²) < 4.78 is 7.33. The maximum absolute atomic E-state index is 13.4. The number of nitrogens with one attached hydrogen (secondary N) is 1. The van der Waals surface area contributed by atoms with Crippen LogP contribution in [-0.2, 0) is 7.05 Å². The summed E-state index contributed by atoms with van der Waals surface area (Å²) in [6, 6.07) is 12.2. The lowest BCUT2D eigenvalue weighted by Gasteiger charge is -2.36. The largest absolute Gasteiger partial charge is 0.497 e. The zero-order chi connectivity index (χ0) is 27.2. The van der Waals surface area contributed by atoms with Crippen LogP contribution < -0.4 is 15.0 Å². The van der Waals surface area contributed by atoms with Gasteiger partial charge in [0.05, 0.1) is 19.3 Å². The minimum atomic E-state index is -0.183. The van der Waals surface area contributed by atoms with Crippen LogP contribution in [0, 0.1) is 12.8 Å². The molecule has 1 unspecified atom stereocenters. The van der Waals surface area contributed by atoms with Gasteiger partial charge in [0, 0.05) is 62.8 Å². The van der Waals surface area contributed by atoms with Crippen LogP contribution in [0.2, 0.25) is 0 Å². The number of benzene rings is 2. The molecule has 1 aliphatic heterocycles. The SMILES string of the molecule is CC.COc1cc(-c2cnn(C)c2)cc(C(C)NC(=O)c2cc(N3CCN(CC4CC4)CC3)ccc2C)c1. The summed E-state index contributed by atoms with van der Waals surface area (Å²) in [4.78, 5) is 18.4. The lowest BCUT2D eigenvalue weighted by Crippen LogP contribution is -2.47. The Kier molecular flexibility index (Phi) is 9.10. The number of nitrogens with zero attached hydrogens (tertiary/aromatic N) is 4. The number of piperazine rings is 1. The van der Waals surface area contributed by atoms with Crippen molar-refractivity contribution in [3.05, 3.63) is 65.5 Å². The van der Waals surface area contributed by atoms with Gasteiger partial charge in [-0.3, -0.25) is 14.4 Å². The molecule has 0 spiro atoms. The maximum Gasteiger partial charge on any atom is 0.252 e. The molecule has 7 nitrogen and oxygen atoms in total. The summed E-state index contributed by atoms with van der Waals surface area (Å²) >= 11 is 0. The molecule has 3 aromatic rings. The lowest BCUT2D eigenvalue weighted by atomic mass is 10.0. The van der Waals surface area contributed by atoms with Crippen LogP contribution in [0.15, 0.2) is 48.8 Å². The van der Waals surface area contributed by atoms with Gasteiger partial charge in [0.25, 0.3) is 5.91 Å². The van der Waals surface area contributed by atoms with E-state index >= 15 is 0 Å². The monoisotopic (exact) mass is 517 g/mol. The van der Waals surface area contributed by atoms with E-state index in [1.807, 2.05) is 59.3 Å². The fraction of sp³-hybridized carbons (Fsp3) is 0.484. The minimum Gasteiger partial charge on any atom is -0.497 e. The number of carbonyl (C=O) groups is 1.